The molecule has 0 amide bonds. The molecule has 0 saturated heterocycles. The van der Waals surface area contributed by atoms with E-state index in [1.807, 2.05) is 12.4 Å². The van der Waals surface area contributed by atoms with E-state index in [1.165, 1.54) is 25.7 Å². The SMILES string of the molecule is Cl.FCCn1cc(NCc2cnn(C3CCCC3)c2)cn1. The third-order valence-electron chi connectivity index (χ3n) is 3.80. The van der Waals surface area contributed by atoms with Crippen molar-refractivity contribution in [1.29, 1.82) is 0 Å². The van der Waals surface area contributed by atoms with Gasteiger partial charge in [-0.2, -0.15) is 10.2 Å². The van der Waals surface area contributed by atoms with Crippen LogP contribution in [0.4, 0.5) is 10.1 Å². The first-order valence-electron chi connectivity index (χ1n) is 7.20. The highest BCUT2D eigenvalue weighted by Gasteiger charge is 2.17. The molecule has 1 saturated carbocycles. The Morgan fingerprint density at radius 3 is 2.76 bits per heavy atom. The summed E-state index contributed by atoms with van der Waals surface area (Å²) >= 11 is 0. The molecule has 0 bridgehead atoms. The van der Waals surface area contributed by atoms with Crippen LogP contribution in [0, 0.1) is 0 Å². The Hall–Kier alpha value is -1.56. The molecule has 0 atom stereocenters. The number of aromatic nitrogens is 4. The first kappa shape index (κ1) is 15.8. The van der Waals surface area contributed by atoms with E-state index in [4.69, 9.17) is 0 Å². The number of halogens is 2. The van der Waals surface area contributed by atoms with Crippen LogP contribution < -0.4 is 5.32 Å². The zero-order chi connectivity index (χ0) is 13.8. The van der Waals surface area contributed by atoms with Gasteiger partial charge in [0.15, 0.2) is 0 Å². The summed E-state index contributed by atoms with van der Waals surface area (Å²) in [7, 11) is 0. The third-order valence-corrected chi connectivity index (χ3v) is 3.80. The number of nitrogens with one attached hydrogen (secondary N) is 1. The maximum atomic E-state index is 12.2. The van der Waals surface area contributed by atoms with E-state index in [2.05, 4.69) is 26.4 Å². The van der Waals surface area contributed by atoms with Gasteiger partial charge in [0.05, 0.1) is 30.7 Å². The monoisotopic (exact) mass is 313 g/mol. The normalized spacial score (nSPS) is 15.1. The first-order valence-corrected chi connectivity index (χ1v) is 7.20. The molecule has 3 rings (SSSR count). The van der Waals surface area contributed by atoms with Crippen molar-refractivity contribution in [3.8, 4) is 0 Å². The minimum absolute atomic E-state index is 0. The lowest BCUT2D eigenvalue weighted by Gasteiger charge is -2.08. The Labute approximate surface area is 129 Å². The second-order valence-corrected chi connectivity index (χ2v) is 5.30. The lowest BCUT2D eigenvalue weighted by atomic mass is 10.2. The van der Waals surface area contributed by atoms with E-state index >= 15 is 0 Å². The number of aryl methyl sites for hydroxylation is 1. The third kappa shape index (κ3) is 3.97. The Bertz CT molecular complexity index is 547. The molecule has 5 nitrogen and oxygen atoms in total. The minimum Gasteiger partial charge on any atom is -0.378 e. The van der Waals surface area contributed by atoms with Gasteiger partial charge < -0.3 is 5.32 Å². The Morgan fingerprint density at radius 2 is 2.00 bits per heavy atom. The minimum atomic E-state index is -0.394. The molecule has 1 N–H and O–H groups in total. The molecule has 2 heterocycles. The van der Waals surface area contributed by atoms with E-state index in [0.29, 0.717) is 19.1 Å². The quantitative estimate of drug-likeness (QED) is 0.891. The van der Waals surface area contributed by atoms with Crippen LogP contribution >= 0.6 is 12.4 Å². The van der Waals surface area contributed by atoms with Crippen LogP contribution in [-0.4, -0.2) is 26.2 Å². The number of rotatable bonds is 6. The van der Waals surface area contributed by atoms with Gasteiger partial charge in [0.1, 0.15) is 6.67 Å². The first-order chi connectivity index (χ1) is 9.85. The fraction of sp³-hybridized carbons (Fsp3) is 0.571. The van der Waals surface area contributed by atoms with Gasteiger partial charge in [-0.1, -0.05) is 12.8 Å². The van der Waals surface area contributed by atoms with Gasteiger partial charge in [0.2, 0.25) is 0 Å². The maximum Gasteiger partial charge on any atom is 0.109 e. The lowest BCUT2D eigenvalue weighted by molar-refractivity contribution is 0.427. The van der Waals surface area contributed by atoms with Crippen molar-refractivity contribution in [3.63, 3.8) is 0 Å². The van der Waals surface area contributed by atoms with Crippen LogP contribution in [-0.2, 0) is 13.1 Å². The van der Waals surface area contributed by atoms with Crippen molar-refractivity contribution in [1.82, 2.24) is 19.6 Å². The standard InChI is InChI=1S/C14H20FN5.ClH/c15-5-6-19-11-13(9-17-19)16-7-12-8-18-20(10-12)14-3-1-2-4-14;/h8-11,14,16H,1-7H2;1H. The Morgan fingerprint density at radius 1 is 1.19 bits per heavy atom. The summed E-state index contributed by atoms with van der Waals surface area (Å²) in [6, 6.07) is 0.580. The highest BCUT2D eigenvalue weighted by Crippen LogP contribution is 2.28. The zero-order valence-electron chi connectivity index (χ0n) is 11.9. The summed E-state index contributed by atoms with van der Waals surface area (Å²) in [5, 5.41) is 11.8. The summed E-state index contributed by atoms with van der Waals surface area (Å²) in [6.45, 7) is 0.630. The Kier molecular flexibility index (Phi) is 5.61. The predicted octanol–water partition coefficient (Wildman–Crippen LogP) is 3.20. The van der Waals surface area contributed by atoms with E-state index in [0.717, 1.165) is 11.3 Å². The fourth-order valence-corrected chi connectivity index (χ4v) is 2.71. The molecule has 0 aromatic carbocycles. The predicted molar refractivity (Wildman–Crippen MR) is 82.5 cm³/mol. The topological polar surface area (TPSA) is 47.7 Å². The van der Waals surface area contributed by atoms with Gasteiger partial charge in [-0.3, -0.25) is 9.36 Å². The summed E-state index contributed by atoms with van der Waals surface area (Å²) in [6.07, 6.45) is 12.7. The molecule has 2 aromatic heterocycles. The molecule has 2 aromatic rings. The Balaban J connectivity index is 0.00000161. The highest BCUT2D eigenvalue weighted by atomic mass is 35.5. The average molecular weight is 314 g/mol. The van der Waals surface area contributed by atoms with E-state index in [9.17, 15) is 4.39 Å². The van der Waals surface area contributed by atoms with Crippen molar-refractivity contribution in [3.05, 3.63) is 30.4 Å². The molecule has 116 valence electrons. The van der Waals surface area contributed by atoms with Gasteiger partial charge in [-0.15, -0.1) is 12.4 Å². The van der Waals surface area contributed by atoms with Crippen LogP contribution in [0.15, 0.2) is 24.8 Å². The molecule has 21 heavy (non-hydrogen) atoms. The number of anilines is 1. The number of nitrogens with zero attached hydrogens (tertiary/aromatic N) is 4. The highest BCUT2D eigenvalue weighted by molar-refractivity contribution is 5.85. The molecule has 7 heteroatoms. The summed E-state index contributed by atoms with van der Waals surface area (Å²) in [5.74, 6) is 0. The summed E-state index contributed by atoms with van der Waals surface area (Å²) in [4.78, 5) is 0. The van der Waals surface area contributed by atoms with E-state index in [1.54, 1.807) is 10.9 Å². The molecular weight excluding hydrogens is 293 g/mol. The largest absolute Gasteiger partial charge is 0.378 e. The lowest BCUT2D eigenvalue weighted by Crippen LogP contribution is -2.04. The van der Waals surface area contributed by atoms with Gasteiger partial charge in [0.25, 0.3) is 0 Å². The molecule has 0 aliphatic heterocycles. The molecule has 1 aliphatic rings. The summed E-state index contributed by atoms with van der Waals surface area (Å²) in [5.41, 5.74) is 2.07. The van der Waals surface area contributed by atoms with Gasteiger partial charge in [-0.05, 0) is 12.8 Å². The molecule has 0 spiro atoms. The van der Waals surface area contributed by atoms with Crippen molar-refractivity contribution in [2.24, 2.45) is 0 Å². The van der Waals surface area contributed by atoms with Gasteiger partial charge >= 0.3 is 0 Å². The molecule has 0 radical (unpaired) electrons. The van der Waals surface area contributed by atoms with Crippen LogP contribution in [0.5, 0.6) is 0 Å². The van der Waals surface area contributed by atoms with Crippen molar-refractivity contribution in [2.45, 2.75) is 44.8 Å². The van der Waals surface area contributed by atoms with Crippen LogP contribution in [0.25, 0.3) is 0 Å². The van der Waals surface area contributed by atoms with Gasteiger partial charge in [-0.25, -0.2) is 4.39 Å². The van der Waals surface area contributed by atoms with E-state index < -0.39 is 6.67 Å². The van der Waals surface area contributed by atoms with Gasteiger partial charge in [0, 0.05) is 24.5 Å². The second kappa shape index (κ2) is 7.45. The molecule has 1 aliphatic carbocycles. The number of hydrogen-bond acceptors (Lipinski definition) is 3. The maximum absolute atomic E-state index is 12.2. The fourth-order valence-electron chi connectivity index (χ4n) is 2.71. The zero-order valence-corrected chi connectivity index (χ0v) is 12.7. The average Bonchev–Trinajstić information content (AvgIpc) is 3.18. The van der Waals surface area contributed by atoms with Crippen molar-refractivity contribution in [2.75, 3.05) is 12.0 Å². The van der Waals surface area contributed by atoms with Crippen molar-refractivity contribution < 1.29 is 4.39 Å². The van der Waals surface area contributed by atoms with Crippen LogP contribution in [0.1, 0.15) is 37.3 Å². The number of alkyl halides is 1. The van der Waals surface area contributed by atoms with Crippen LogP contribution in [0.3, 0.4) is 0 Å². The van der Waals surface area contributed by atoms with Crippen molar-refractivity contribution >= 4 is 18.1 Å². The van der Waals surface area contributed by atoms with Crippen LogP contribution in [0.2, 0.25) is 0 Å². The smallest absolute Gasteiger partial charge is 0.109 e. The molecular formula is C14H21ClFN5. The second-order valence-electron chi connectivity index (χ2n) is 5.30. The molecule has 1 fully saturated rings. The van der Waals surface area contributed by atoms with E-state index in [-0.39, 0.29) is 12.4 Å². The summed E-state index contributed by atoms with van der Waals surface area (Å²) < 4.78 is 15.9. The molecule has 0 unspecified atom stereocenters. The number of hydrogen-bond donors (Lipinski definition) is 1.